The van der Waals surface area contributed by atoms with Crippen LogP contribution in [0.4, 0.5) is 5.82 Å². The average Bonchev–Trinajstić information content (AvgIpc) is 2.82. The third-order valence-electron chi connectivity index (χ3n) is 3.47. The molecule has 0 aliphatic carbocycles. The Morgan fingerprint density at radius 3 is 2.26 bits per heavy atom. The van der Waals surface area contributed by atoms with Gasteiger partial charge in [-0.05, 0) is 6.07 Å². The Morgan fingerprint density at radius 2 is 1.74 bits per heavy atom. The quantitative estimate of drug-likeness (QED) is 0.505. The summed E-state index contributed by atoms with van der Waals surface area (Å²) in [6, 6.07) is 1.36. The van der Waals surface area contributed by atoms with Crippen LogP contribution in [0.3, 0.4) is 0 Å². The summed E-state index contributed by atoms with van der Waals surface area (Å²) in [5.74, 6) is -1.91. The molecule has 11 nitrogen and oxygen atoms in total. The first-order valence-corrected chi connectivity index (χ1v) is 7.67. The predicted octanol–water partition coefficient (Wildman–Crippen LogP) is -0.429. The second kappa shape index (κ2) is 9.33. The zero-order valence-electron chi connectivity index (χ0n) is 14.8. The van der Waals surface area contributed by atoms with Crippen molar-refractivity contribution in [2.75, 3.05) is 12.3 Å². The first-order valence-electron chi connectivity index (χ1n) is 7.67. The maximum absolute atomic E-state index is 12.1. The van der Waals surface area contributed by atoms with Crippen molar-refractivity contribution in [3.05, 3.63) is 22.7 Å². The summed E-state index contributed by atoms with van der Waals surface area (Å²) in [6.45, 7) is 3.26. The van der Waals surface area contributed by atoms with Crippen LogP contribution in [0.25, 0.3) is 0 Å². The molecule has 150 valence electrons. The molecule has 1 aliphatic heterocycles. The SMILES string of the molecule is CC(=O)OC[C@H]1O[C@@H](n2ccc(N)nc2=O)[C@H](OC(C)=O)[C@@H]1OC(C)=O.Cl. The number of ether oxygens (including phenoxy) is 4. The molecule has 1 aromatic rings. The lowest BCUT2D eigenvalue weighted by Gasteiger charge is -2.23. The normalized spacial score (nSPS) is 23.8. The number of nitrogens with zero attached hydrogens (tertiary/aromatic N) is 2. The van der Waals surface area contributed by atoms with E-state index in [0.29, 0.717) is 0 Å². The van der Waals surface area contributed by atoms with E-state index in [1.54, 1.807) is 0 Å². The Labute approximate surface area is 160 Å². The van der Waals surface area contributed by atoms with E-state index in [1.807, 2.05) is 0 Å². The number of nitrogen functional groups attached to an aromatic ring is 1. The van der Waals surface area contributed by atoms with Crippen molar-refractivity contribution in [2.24, 2.45) is 0 Å². The zero-order valence-corrected chi connectivity index (χ0v) is 15.6. The lowest BCUT2D eigenvalue weighted by molar-refractivity contribution is -0.166. The number of carbonyl (C=O) groups is 3. The predicted molar refractivity (Wildman–Crippen MR) is 91.8 cm³/mol. The maximum atomic E-state index is 12.1. The fourth-order valence-corrected chi connectivity index (χ4v) is 2.54. The number of nitrogens with two attached hydrogens (primary N) is 1. The third-order valence-corrected chi connectivity index (χ3v) is 3.47. The highest BCUT2D eigenvalue weighted by atomic mass is 35.5. The Balaban J connectivity index is 0.00000364. The molecule has 12 heteroatoms. The lowest BCUT2D eigenvalue weighted by Crippen LogP contribution is -2.41. The highest BCUT2D eigenvalue weighted by molar-refractivity contribution is 5.85. The minimum Gasteiger partial charge on any atom is -0.463 e. The number of anilines is 1. The number of aromatic nitrogens is 2. The van der Waals surface area contributed by atoms with Crippen LogP contribution in [0, 0.1) is 0 Å². The van der Waals surface area contributed by atoms with E-state index in [-0.39, 0.29) is 24.8 Å². The molecule has 2 heterocycles. The number of hydrogen-bond donors (Lipinski definition) is 1. The van der Waals surface area contributed by atoms with Crippen molar-refractivity contribution >= 4 is 36.1 Å². The van der Waals surface area contributed by atoms with Gasteiger partial charge < -0.3 is 24.7 Å². The third kappa shape index (κ3) is 5.66. The van der Waals surface area contributed by atoms with Gasteiger partial charge in [-0.25, -0.2) is 4.79 Å². The summed E-state index contributed by atoms with van der Waals surface area (Å²) in [6.07, 6.45) is -3.04. The Bertz CT molecular complexity index is 768. The molecule has 0 unspecified atom stereocenters. The van der Waals surface area contributed by atoms with Crippen molar-refractivity contribution < 1.29 is 33.3 Å². The molecule has 0 amide bonds. The first-order chi connectivity index (χ1) is 12.2. The topological polar surface area (TPSA) is 149 Å². The number of rotatable bonds is 5. The van der Waals surface area contributed by atoms with E-state index in [2.05, 4.69) is 4.98 Å². The van der Waals surface area contributed by atoms with Crippen molar-refractivity contribution in [1.29, 1.82) is 0 Å². The molecule has 1 fully saturated rings. The maximum Gasteiger partial charge on any atom is 0.351 e. The van der Waals surface area contributed by atoms with Gasteiger partial charge in [0.2, 0.25) is 0 Å². The van der Waals surface area contributed by atoms with Gasteiger partial charge in [-0.15, -0.1) is 12.4 Å². The molecule has 2 rings (SSSR count). The smallest absolute Gasteiger partial charge is 0.351 e. The molecule has 27 heavy (non-hydrogen) atoms. The molecule has 2 N–H and O–H groups in total. The van der Waals surface area contributed by atoms with Crippen LogP contribution in [-0.2, 0) is 33.3 Å². The molecule has 1 saturated heterocycles. The van der Waals surface area contributed by atoms with Gasteiger partial charge in [0.1, 0.15) is 18.5 Å². The highest BCUT2D eigenvalue weighted by Crippen LogP contribution is 2.33. The standard InChI is InChI=1S/C15H19N3O8.ClH/c1-7(19)23-6-10-12(24-8(2)20)13(25-9(3)21)14(26-10)18-5-4-11(16)17-15(18)22;/h4-5,10,12-14H,6H2,1-3H3,(H2,16,17,22);1H/t10-,12-,13-,14-;/m1./s1. The van der Waals surface area contributed by atoms with Gasteiger partial charge >= 0.3 is 23.6 Å². The van der Waals surface area contributed by atoms with Crippen LogP contribution in [-0.4, -0.2) is 52.4 Å². The van der Waals surface area contributed by atoms with Gasteiger partial charge in [-0.1, -0.05) is 0 Å². The fourth-order valence-electron chi connectivity index (χ4n) is 2.54. The van der Waals surface area contributed by atoms with E-state index < -0.39 is 48.1 Å². The van der Waals surface area contributed by atoms with Gasteiger partial charge in [0.05, 0.1) is 0 Å². The van der Waals surface area contributed by atoms with E-state index in [9.17, 15) is 19.2 Å². The van der Waals surface area contributed by atoms with Crippen molar-refractivity contribution in [3.63, 3.8) is 0 Å². The first kappa shape index (κ1) is 22.4. The Kier molecular flexibility index (Phi) is 7.73. The molecule has 0 bridgehead atoms. The van der Waals surface area contributed by atoms with Crippen LogP contribution in [0.5, 0.6) is 0 Å². The van der Waals surface area contributed by atoms with Gasteiger partial charge in [-0.2, -0.15) is 4.98 Å². The summed E-state index contributed by atoms with van der Waals surface area (Å²) in [4.78, 5) is 49.7. The zero-order chi connectivity index (χ0) is 19.4. The highest BCUT2D eigenvalue weighted by Gasteiger charge is 2.50. The average molecular weight is 406 g/mol. The molecule has 0 aromatic carbocycles. The molecular weight excluding hydrogens is 386 g/mol. The van der Waals surface area contributed by atoms with Gasteiger partial charge in [0.25, 0.3) is 0 Å². The fraction of sp³-hybridized carbons (Fsp3) is 0.533. The van der Waals surface area contributed by atoms with E-state index >= 15 is 0 Å². The van der Waals surface area contributed by atoms with Gasteiger partial charge in [0.15, 0.2) is 18.4 Å². The molecule has 1 aromatic heterocycles. The number of halogens is 1. The summed E-state index contributed by atoms with van der Waals surface area (Å²) >= 11 is 0. The second-order valence-electron chi connectivity index (χ2n) is 5.56. The van der Waals surface area contributed by atoms with E-state index in [1.165, 1.54) is 19.2 Å². The van der Waals surface area contributed by atoms with Crippen LogP contribution in [0.15, 0.2) is 17.1 Å². The largest absolute Gasteiger partial charge is 0.463 e. The molecule has 0 saturated carbocycles. The summed E-state index contributed by atoms with van der Waals surface area (Å²) in [5.41, 5.74) is 4.72. The van der Waals surface area contributed by atoms with Crippen LogP contribution >= 0.6 is 12.4 Å². The van der Waals surface area contributed by atoms with Crippen LogP contribution < -0.4 is 11.4 Å². The lowest BCUT2D eigenvalue weighted by atomic mass is 10.1. The van der Waals surface area contributed by atoms with E-state index in [0.717, 1.165) is 18.4 Å². The van der Waals surface area contributed by atoms with Gasteiger partial charge in [-0.3, -0.25) is 19.0 Å². The minimum atomic E-state index is -1.15. The Hall–Kier alpha value is -2.66. The van der Waals surface area contributed by atoms with Crippen molar-refractivity contribution in [1.82, 2.24) is 9.55 Å². The summed E-state index contributed by atoms with van der Waals surface area (Å²) < 4.78 is 22.1. The molecule has 1 aliphatic rings. The summed E-state index contributed by atoms with van der Waals surface area (Å²) in [7, 11) is 0. The van der Waals surface area contributed by atoms with Gasteiger partial charge in [0, 0.05) is 27.0 Å². The molecular formula is C15H20ClN3O8. The molecule has 0 radical (unpaired) electrons. The second-order valence-corrected chi connectivity index (χ2v) is 5.56. The number of esters is 3. The number of carbonyl (C=O) groups excluding carboxylic acids is 3. The monoisotopic (exact) mass is 405 g/mol. The van der Waals surface area contributed by atoms with Crippen molar-refractivity contribution in [2.45, 2.75) is 45.3 Å². The summed E-state index contributed by atoms with van der Waals surface area (Å²) in [5, 5.41) is 0. The van der Waals surface area contributed by atoms with Crippen LogP contribution in [0.1, 0.15) is 27.0 Å². The number of hydrogen-bond acceptors (Lipinski definition) is 10. The molecule has 0 spiro atoms. The Morgan fingerprint density at radius 1 is 1.15 bits per heavy atom. The molecule has 4 atom stereocenters. The van der Waals surface area contributed by atoms with Crippen molar-refractivity contribution in [3.8, 4) is 0 Å². The van der Waals surface area contributed by atoms with E-state index in [4.69, 9.17) is 24.7 Å². The minimum absolute atomic E-state index is 0. The van der Waals surface area contributed by atoms with Crippen LogP contribution in [0.2, 0.25) is 0 Å².